The molecule has 0 aliphatic carbocycles. The van der Waals surface area contributed by atoms with Crippen molar-refractivity contribution in [3.8, 4) is 35.1 Å². The minimum absolute atomic E-state index is 0.387. The van der Waals surface area contributed by atoms with Crippen molar-refractivity contribution in [2.24, 2.45) is 15.0 Å². The molecule has 13 aromatic rings. The summed E-state index contributed by atoms with van der Waals surface area (Å²) in [6, 6.07) is 72.9. The summed E-state index contributed by atoms with van der Waals surface area (Å²) in [4.78, 5) is 32.8. The van der Waals surface area contributed by atoms with E-state index in [1.165, 1.54) is 0 Å². The highest BCUT2D eigenvalue weighted by atomic mass is 16.5. The van der Waals surface area contributed by atoms with Gasteiger partial charge in [-0.15, -0.1) is 0 Å². The zero-order valence-corrected chi connectivity index (χ0v) is 41.0. The van der Waals surface area contributed by atoms with Gasteiger partial charge in [0.25, 0.3) is 0 Å². The Morgan fingerprint density at radius 2 is 0.467 bits per heavy atom. The molecule has 12 heteroatoms. The first-order chi connectivity index (χ1) is 37.1. The molecule has 0 amide bonds. The van der Waals surface area contributed by atoms with Crippen molar-refractivity contribution in [2.45, 2.75) is 0 Å². The first-order valence-electron chi connectivity index (χ1n) is 24.5. The van der Waals surface area contributed by atoms with Crippen LogP contribution in [0.25, 0.3) is 83.3 Å². The topological polar surface area (TPSA) is 118 Å². The lowest BCUT2D eigenvalue weighted by Crippen LogP contribution is -2.20. The molecule has 13 rings (SSSR count). The van der Waals surface area contributed by atoms with Crippen LogP contribution in [-0.2, 0) is 0 Å². The molecule has 0 saturated carbocycles. The average molecular weight is 976 g/mol. The summed E-state index contributed by atoms with van der Waals surface area (Å²) in [5, 5.41) is 7.72. The third-order valence-electron chi connectivity index (χ3n) is 13.6. The smallest absolute Gasteiger partial charge is 0.241 e. The molecule has 4 heterocycles. The van der Waals surface area contributed by atoms with Crippen molar-refractivity contribution in [3.63, 3.8) is 0 Å². The maximum absolute atomic E-state index is 5.81. The molecule has 0 spiro atoms. The number of hydrogen-bond acceptors (Lipinski definition) is 9. The molecule has 9 aromatic carbocycles. The lowest BCUT2D eigenvalue weighted by atomic mass is 10.1. The zero-order chi connectivity index (χ0) is 50.4. The quantitative estimate of drug-likeness (QED) is 0.133. The van der Waals surface area contributed by atoms with Crippen LogP contribution in [0, 0.1) is 0 Å². The highest BCUT2D eigenvalue weighted by Gasteiger charge is 2.22. The van der Waals surface area contributed by atoms with Crippen LogP contribution in [0.4, 0.5) is 17.1 Å². The van der Waals surface area contributed by atoms with E-state index in [1.807, 2.05) is 146 Å². The van der Waals surface area contributed by atoms with Gasteiger partial charge in [0.1, 0.15) is 34.3 Å². The Bertz CT molecular complexity index is 3990. The van der Waals surface area contributed by atoms with Gasteiger partial charge in [-0.1, -0.05) is 146 Å². The lowest BCUT2D eigenvalue weighted by Gasteiger charge is -2.21. The molecular formula is C63H45N9O3. The van der Waals surface area contributed by atoms with E-state index >= 15 is 0 Å². The summed E-state index contributed by atoms with van der Waals surface area (Å²) >= 11 is 0. The van der Waals surface area contributed by atoms with E-state index in [9.17, 15) is 0 Å². The van der Waals surface area contributed by atoms with Gasteiger partial charge in [0.05, 0.1) is 70.5 Å². The normalized spacial score (nSPS) is 11.4. The molecule has 0 saturated heterocycles. The average Bonchev–Trinajstić information content (AvgIpc) is 3.50. The van der Waals surface area contributed by atoms with Crippen LogP contribution >= 0.6 is 0 Å². The summed E-state index contributed by atoms with van der Waals surface area (Å²) in [5.41, 5.74) is 7.16. The second-order valence-corrected chi connectivity index (χ2v) is 17.7. The van der Waals surface area contributed by atoms with Gasteiger partial charge in [-0.3, -0.25) is 13.7 Å². The predicted molar refractivity (Wildman–Crippen MR) is 297 cm³/mol. The zero-order valence-electron chi connectivity index (χ0n) is 41.0. The number of aromatic nitrogens is 6. The number of ether oxygens (including phenoxy) is 3. The number of hydrogen-bond donors (Lipinski definition) is 0. The number of pyridine rings is 3. The standard InChI is InChI=1S/C63H45N9O3/c1-73-55-37-19-10-28-46(55)64-58-40-22-4-13-31-49(40)70(50-32-14-5-23-41(50)58)61-67-62(71-51-33-15-6-24-42(51)59(43-25-7-16-34-52(43)71)65-47-29-11-20-38-56(47)74-2)69-63(68-61)72-53-35-17-8-26-44(53)60(45-27-9-18-36-54(45)72)66-48-30-12-21-39-57(48)75-3/h4-39H,1-3H3. The molecule has 75 heavy (non-hydrogen) atoms. The fourth-order valence-corrected chi connectivity index (χ4v) is 10.2. The van der Waals surface area contributed by atoms with Crippen LogP contribution < -0.4 is 30.3 Å². The third kappa shape index (κ3) is 7.62. The van der Waals surface area contributed by atoms with Gasteiger partial charge in [-0.25, -0.2) is 15.0 Å². The van der Waals surface area contributed by atoms with Crippen LogP contribution in [0.5, 0.6) is 17.2 Å². The van der Waals surface area contributed by atoms with E-state index in [0.717, 1.165) is 81.5 Å². The molecule has 0 aliphatic rings. The third-order valence-corrected chi connectivity index (χ3v) is 13.6. The maximum Gasteiger partial charge on any atom is 0.241 e. The second kappa shape index (κ2) is 18.8. The Morgan fingerprint density at radius 1 is 0.267 bits per heavy atom. The SMILES string of the molecule is COc1ccccc1N=c1c2ccccc2n(-c2nc(-n3c4ccccc4c(=Nc4ccccc4OC)c4ccccc43)nc(-n3c4ccccc4c(=Nc4ccccc4OC)c4ccccc43)n2)c2ccccc12. The highest BCUT2D eigenvalue weighted by molar-refractivity contribution is 5.98. The van der Waals surface area contributed by atoms with Crippen molar-refractivity contribution < 1.29 is 14.2 Å². The maximum atomic E-state index is 5.81. The van der Waals surface area contributed by atoms with E-state index < -0.39 is 0 Å². The summed E-state index contributed by atoms with van der Waals surface area (Å²) in [6.07, 6.45) is 0. The molecule has 4 aromatic heterocycles. The number of benzene rings is 9. The Labute approximate surface area is 429 Å². The van der Waals surface area contributed by atoms with Crippen LogP contribution in [-0.4, -0.2) is 50.0 Å². The van der Waals surface area contributed by atoms with Crippen molar-refractivity contribution in [1.82, 2.24) is 28.7 Å². The van der Waals surface area contributed by atoms with Crippen LogP contribution in [0.2, 0.25) is 0 Å². The minimum atomic E-state index is 0.387. The molecular weight excluding hydrogens is 931 g/mol. The molecule has 360 valence electrons. The summed E-state index contributed by atoms with van der Waals surface area (Å²) in [7, 11) is 5.00. The first-order valence-corrected chi connectivity index (χ1v) is 24.5. The molecule has 0 unspecified atom stereocenters. The molecule has 0 atom stereocenters. The van der Waals surface area contributed by atoms with Crippen molar-refractivity contribution in [1.29, 1.82) is 0 Å². The van der Waals surface area contributed by atoms with Gasteiger partial charge >= 0.3 is 0 Å². The summed E-state index contributed by atoms with van der Waals surface area (Å²) < 4.78 is 23.8. The van der Waals surface area contributed by atoms with Crippen molar-refractivity contribution in [3.05, 3.63) is 234 Å². The van der Waals surface area contributed by atoms with Crippen molar-refractivity contribution in [2.75, 3.05) is 21.3 Å². The van der Waals surface area contributed by atoms with E-state index in [1.54, 1.807) is 21.3 Å². The fourth-order valence-electron chi connectivity index (χ4n) is 10.2. The van der Waals surface area contributed by atoms with E-state index in [-0.39, 0.29) is 0 Å². The van der Waals surface area contributed by atoms with Crippen LogP contribution in [0.1, 0.15) is 0 Å². The van der Waals surface area contributed by atoms with E-state index in [2.05, 4.69) is 86.5 Å². The summed E-state index contributed by atoms with van der Waals surface area (Å²) in [6.45, 7) is 0. The number of para-hydroxylation sites is 12. The Hall–Kier alpha value is -10.2. The van der Waals surface area contributed by atoms with Gasteiger partial charge in [0.2, 0.25) is 17.8 Å². The van der Waals surface area contributed by atoms with Gasteiger partial charge < -0.3 is 14.2 Å². The predicted octanol–water partition coefficient (Wildman–Crippen LogP) is 12.9. The summed E-state index contributed by atoms with van der Waals surface area (Å²) in [5.74, 6) is 3.18. The molecule has 0 aliphatic heterocycles. The lowest BCUT2D eigenvalue weighted by molar-refractivity contribution is 0.416. The van der Waals surface area contributed by atoms with E-state index in [4.69, 9.17) is 44.1 Å². The first kappa shape index (κ1) is 44.7. The fraction of sp³-hybridized carbons (Fsp3) is 0.0476. The van der Waals surface area contributed by atoms with Crippen molar-refractivity contribution >= 4 is 82.5 Å². The highest BCUT2D eigenvalue weighted by Crippen LogP contribution is 2.33. The van der Waals surface area contributed by atoms with Gasteiger partial charge in [0, 0.05) is 32.3 Å². The Balaban J connectivity index is 1.19. The largest absolute Gasteiger partial charge is 0.494 e. The molecule has 0 fully saturated rings. The van der Waals surface area contributed by atoms with Gasteiger partial charge in [-0.05, 0) is 72.8 Å². The van der Waals surface area contributed by atoms with Gasteiger partial charge in [0.15, 0.2) is 0 Å². The van der Waals surface area contributed by atoms with E-state index in [0.29, 0.717) is 52.2 Å². The Morgan fingerprint density at radius 3 is 0.693 bits per heavy atom. The monoisotopic (exact) mass is 975 g/mol. The molecule has 0 N–H and O–H groups in total. The second-order valence-electron chi connectivity index (χ2n) is 17.7. The number of fused-ring (bicyclic) bond motifs is 6. The van der Waals surface area contributed by atoms with Crippen LogP contribution in [0.3, 0.4) is 0 Å². The number of nitrogens with zero attached hydrogens (tertiary/aromatic N) is 9. The number of rotatable bonds is 9. The van der Waals surface area contributed by atoms with Gasteiger partial charge in [-0.2, -0.15) is 15.0 Å². The number of methoxy groups -OCH3 is 3. The van der Waals surface area contributed by atoms with Crippen LogP contribution in [0.15, 0.2) is 233 Å². The molecule has 0 radical (unpaired) electrons. The molecule has 0 bridgehead atoms. The minimum Gasteiger partial charge on any atom is -0.494 e. The Kier molecular flexibility index (Phi) is 11.2. The molecule has 12 nitrogen and oxygen atoms in total.